The van der Waals surface area contributed by atoms with Gasteiger partial charge in [0.1, 0.15) is 5.75 Å². The molecule has 1 aromatic carbocycles. The molecule has 1 aromatic heterocycles. The fourth-order valence-corrected chi connectivity index (χ4v) is 4.72. The second kappa shape index (κ2) is 9.82. The van der Waals surface area contributed by atoms with E-state index in [2.05, 4.69) is 68.9 Å². The van der Waals surface area contributed by atoms with Gasteiger partial charge < -0.3 is 10.1 Å². The third-order valence-electron chi connectivity index (χ3n) is 6.75. The van der Waals surface area contributed by atoms with Gasteiger partial charge in [-0.05, 0) is 73.9 Å². The third kappa shape index (κ3) is 5.09. The molecule has 0 aliphatic carbocycles. The first-order valence-corrected chi connectivity index (χ1v) is 11.4. The molecule has 2 aromatic rings. The van der Waals surface area contributed by atoms with Gasteiger partial charge in [0.15, 0.2) is 0 Å². The molecule has 0 spiro atoms. The molecule has 1 fully saturated rings. The summed E-state index contributed by atoms with van der Waals surface area (Å²) in [5.41, 5.74) is 5.44. The molecule has 31 heavy (non-hydrogen) atoms. The van der Waals surface area contributed by atoms with Crippen LogP contribution in [0.1, 0.15) is 78.8 Å². The van der Waals surface area contributed by atoms with Crippen molar-refractivity contribution in [2.75, 3.05) is 20.2 Å². The molecule has 168 valence electrons. The van der Waals surface area contributed by atoms with E-state index >= 15 is 0 Å². The van der Waals surface area contributed by atoms with E-state index < -0.39 is 0 Å². The van der Waals surface area contributed by atoms with Gasteiger partial charge in [-0.2, -0.15) is 0 Å². The Morgan fingerprint density at radius 1 is 1.19 bits per heavy atom. The quantitative estimate of drug-likeness (QED) is 0.678. The van der Waals surface area contributed by atoms with Crippen LogP contribution in [0.2, 0.25) is 0 Å². The number of hydrogen-bond acceptors (Lipinski definition) is 4. The summed E-state index contributed by atoms with van der Waals surface area (Å²) >= 11 is 0. The topological polar surface area (TPSA) is 54.5 Å². The maximum atomic E-state index is 12.7. The predicted molar refractivity (Wildman–Crippen MR) is 126 cm³/mol. The Bertz CT molecular complexity index is 908. The lowest BCUT2D eigenvalue weighted by atomic mass is 9.96. The van der Waals surface area contributed by atoms with Gasteiger partial charge in [0.25, 0.3) is 5.91 Å². The highest BCUT2D eigenvalue weighted by Gasteiger charge is 2.34. The average Bonchev–Trinajstić information content (AvgIpc) is 3.14. The molecule has 1 saturated heterocycles. The van der Waals surface area contributed by atoms with Gasteiger partial charge in [0.2, 0.25) is 0 Å². The van der Waals surface area contributed by atoms with Gasteiger partial charge in [-0.3, -0.25) is 14.7 Å². The van der Waals surface area contributed by atoms with E-state index in [1.165, 1.54) is 16.7 Å². The van der Waals surface area contributed by atoms with Gasteiger partial charge >= 0.3 is 0 Å². The van der Waals surface area contributed by atoms with Crippen molar-refractivity contribution < 1.29 is 9.53 Å². The minimum Gasteiger partial charge on any atom is -0.496 e. The fraction of sp³-hybridized carbons (Fsp3) is 0.538. The second-order valence-corrected chi connectivity index (χ2v) is 9.31. The summed E-state index contributed by atoms with van der Waals surface area (Å²) in [4.78, 5) is 19.7. The Labute approximate surface area is 187 Å². The highest BCUT2D eigenvalue weighted by molar-refractivity contribution is 5.93. The fourth-order valence-electron chi connectivity index (χ4n) is 4.72. The van der Waals surface area contributed by atoms with Gasteiger partial charge in [0, 0.05) is 37.1 Å². The predicted octanol–water partition coefficient (Wildman–Crippen LogP) is 5.03. The van der Waals surface area contributed by atoms with Crippen molar-refractivity contribution in [3.05, 3.63) is 58.4 Å². The van der Waals surface area contributed by atoms with Crippen LogP contribution in [0.3, 0.4) is 0 Å². The van der Waals surface area contributed by atoms with Crippen LogP contribution in [0.4, 0.5) is 0 Å². The first kappa shape index (κ1) is 23.3. The number of hydrogen-bond donors (Lipinski definition) is 1. The van der Waals surface area contributed by atoms with E-state index in [4.69, 9.17) is 4.74 Å². The molecule has 0 radical (unpaired) electrons. The van der Waals surface area contributed by atoms with Crippen LogP contribution in [-0.4, -0.2) is 42.0 Å². The number of rotatable bonds is 7. The molecule has 3 atom stereocenters. The molecule has 1 aliphatic heterocycles. The molecule has 0 saturated carbocycles. The van der Waals surface area contributed by atoms with Crippen molar-refractivity contribution in [3.63, 3.8) is 0 Å². The van der Waals surface area contributed by atoms with Crippen molar-refractivity contribution in [1.82, 2.24) is 15.2 Å². The Morgan fingerprint density at radius 3 is 2.55 bits per heavy atom. The molecule has 1 aliphatic rings. The number of nitrogens with zero attached hydrogens (tertiary/aromatic N) is 2. The number of benzene rings is 1. The van der Waals surface area contributed by atoms with Crippen LogP contribution in [0.5, 0.6) is 5.75 Å². The molecule has 1 N–H and O–H groups in total. The maximum absolute atomic E-state index is 12.7. The van der Waals surface area contributed by atoms with Gasteiger partial charge in [0.05, 0.1) is 12.7 Å². The molecule has 0 bridgehead atoms. The number of likely N-dealkylation sites (tertiary alicyclic amines) is 1. The molecule has 1 amide bonds. The lowest BCUT2D eigenvalue weighted by molar-refractivity contribution is 0.0933. The highest BCUT2D eigenvalue weighted by atomic mass is 16.5. The number of pyridine rings is 1. The summed E-state index contributed by atoms with van der Waals surface area (Å²) in [6, 6.07) is 8.67. The number of carbonyl (C=O) groups excluding carboxylic acids is 1. The zero-order valence-corrected chi connectivity index (χ0v) is 20.0. The van der Waals surface area contributed by atoms with E-state index in [0.717, 1.165) is 24.4 Å². The Balaban J connectivity index is 1.70. The minimum atomic E-state index is -0.0496. The second-order valence-electron chi connectivity index (χ2n) is 9.31. The number of amides is 1. The van der Waals surface area contributed by atoms with Crippen molar-refractivity contribution in [1.29, 1.82) is 0 Å². The number of aromatic nitrogens is 1. The number of methoxy groups -OCH3 is 1. The van der Waals surface area contributed by atoms with Crippen LogP contribution in [0, 0.1) is 19.8 Å². The smallest absolute Gasteiger partial charge is 0.252 e. The number of ether oxygens (including phenoxy) is 1. The summed E-state index contributed by atoms with van der Waals surface area (Å²) < 4.78 is 5.49. The van der Waals surface area contributed by atoms with Gasteiger partial charge in [-0.1, -0.05) is 26.8 Å². The van der Waals surface area contributed by atoms with Crippen LogP contribution < -0.4 is 10.1 Å². The van der Waals surface area contributed by atoms with Crippen LogP contribution >= 0.6 is 0 Å². The molecule has 2 heterocycles. The first-order valence-electron chi connectivity index (χ1n) is 11.4. The summed E-state index contributed by atoms with van der Waals surface area (Å²) in [6.45, 7) is 14.7. The van der Waals surface area contributed by atoms with E-state index in [1.807, 2.05) is 12.1 Å². The Hall–Kier alpha value is -2.40. The van der Waals surface area contributed by atoms with Gasteiger partial charge in [-0.25, -0.2) is 0 Å². The SMILES string of the molecule is COc1ccc([C@H](C)N2C[C@@H](C)C[C@H]2CNC(=O)c2ccc(C(C)C)nc2)c(C)c1C. The summed E-state index contributed by atoms with van der Waals surface area (Å²) in [7, 11) is 1.72. The number of nitrogens with one attached hydrogen (secondary N) is 1. The molecule has 5 nitrogen and oxygen atoms in total. The number of carbonyl (C=O) groups is 1. The lowest BCUT2D eigenvalue weighted by Gasteiger charge is -2.32. The summed E-state index contributed by atoms with van der Waals surface area (Å²) in [5, 5.41) is 3.15. The molecule has 5 heteroatoms. The van der Waals surface area contributed by atoms with Gasteiger partial charge in [-0.15, -0.1) is 0 Å². The zero-order chi connectivity index (χ0) is 22.7. The van der Waals surface area contributed by atoms with E-state index in [-0.39, 0.29) is 11.9 Å². The van der Waals surface area contributed by atoms with Crippen molar-refractivity contribution in [2.45, 2.75) is 66.0 Å². The largest absolute Gasteiger partial charge is 0.496 e. The van der Waals surface area contributed by atoms with Crippen LogP contribution in [-0.2, 0) is 0 Å². The first-order chi connectivity index (χ1) is 14.7. The standard InChI is InChI=1S/C26H37N3O2/c1-16(2)24-10-8-21(13-27-24)26(30)28-14-22-12-17(3)15-29(22)20(6)23-9-11-25(31-7)19(5)18(23)4/h8-11,13,16-17,20,22H,12,14-15H2,1-7H3,(H,28,30)/t17-,20-,22-/m0/s1. The molecule has 3 rings (SSSR count). The Morgan fingerprint density at radius 2 is 1.94 bits per heavy atom. The van der Waals surface area contributed by atoms with Crippen molar-refractivity contribution in [2.24, 2.45) is 5.92 Å². The third-order valence-corrected chi connectivity index (χ3v) is 6.75. The lowest BCUT2D eigenvalue weighted by Crippen LogP contribution is -2.41. The highest BCUT2D eigenvalue weighted by Crippen LogP contribution is 2.35. The molecular weight excluding hydrogens is 386 g/mol. The average molecular weight is 424 g/mol. The van der Waals surface area contributed by atoms with Crippen molar-refractivity contribution in [3.8, 4) is 5.75 Å². The van der Waals surface area contributed by atoms with Crippen LogP contribution in [0.15, 0.2) is 30.5 Å². The normalized spacial score (nSPS) is 20.1. The monoisotopic (exact) mass is 423 g/mol. The van der Waals surface area contributed by atoms with Crippen LogP contribution in [0.25, 0.3) is 0 Å². The van der Waals surface area contributed by atoms with E-state index in [1.54, 1.807) is 13.3 Å². The summed E-state index contributed by atoms with van der Waals surface area (Å²) in [5.74, 6) is 1.85. The van der Waals surface area contributed by atoms with E-state index in [0.29, 0.717) is 30.0 Å². The maximum Gasteiger partial charge on any atom is 0.252 e. The minimum absolute atomic E-state index is 0.0496. The Kier molecular flexibility index (Phi) is 7.37. The molecule has 0 unspecified atom stereocenters. The van der Waals surface area contributed by atoms with E-state index in [9.17, 15) is 4.79 Å². The molecular formula is C26H37N3O2. The zero-order valence-electron chi connectivity index (χ0n) is 20.0. The summed E-state index contributed by atoms with van der Waals surface area (Å²) in [6.07, 6.45) is 2.77. The van der Waals surface area contributed by atoms with Crippen molar-refractivity contribution >= 4 is 5.91 Å².